The van der Waals surface area contributed by atoms with E-state index in [1.54, 1.807) is 7.11 Å². The second kappa shape index (κ2) is 9.61. The summed E-state index contributed by atoms with van der Waals surface area (Å²) in [5.74, 6) is 1.26. The summed E-state index contributed by atoms with van der Waals surface area (Å²) < 4.78 is 12.6. The van der Waals surface area contributed by atoms with Crippen LogP contribution in [0.25, 0.3) is 11.4 Å². The number of hydrogen-bond donors (Lipinski definition) is 0. The van der Waals surface area contributed by atoms with E-state index in [9.17, 15) is 4.79 Å². The number of thioether (sulfide) groups is 1. The number of esters is 1. The highest BCUT2D eigenvalue weighted by Crippen LogP contribution is 2.25. The predicted octanol–water partition coefficient (Wildman–Crippen LogP) is 4.46. The molecule has 0 fully saturated rings. The second-order valence-electron chi connectivity index (χ2n) is 5.82. The van der Waals surface area contributed by atoms with Crippen molar-refractivity contribution in [3.05, 3.63) is 59.1 Å². The Morgan fingerprint density at radius 3 is 2.61 bits per heavy atom. The van der Waals surface area contributed by atoms with Gasteiger partial charge in [0.15, 0.2) is 11.0 Å². The molecular formula is C20H20ClN3O3S. The lowest BCUT2D eigenvalue weighted by atomic mass is 10.2. The lowest BCUT2D eigenvalue weighted by molar-refractivity contribution is -0.141. The van der Waals surface area contributed by atoms with E-state index in [0.717, 1.165) is 17.0 Å². The van der Waals surface area contributed by atoms with Gasteiger partial charge >= 0.3 is 5.97 Å². The van der Waals surface area contributed by atoms with Crippen molar-refractivity contribution in [2.45, 2.75) is 25.2 Å². The van der Waals surface area contributed by atoms with E-state index in [2.05, 4.69) is 10.2 Å². The summed E-state index contributed by atoms with van der Waals surface area (Å²) in [6.07, 6.45) is 0. The van der Waals surface area contributed by atoms with Crippen LogP contribution in [0.4, 0.5) is 0 Å². The highest BCUT2D eigenvalue weighted by molar-refractivity contribution is 7.99. The first-order valence-electron chi connectivity index (χ1n) is 8.71. The van der Waals surface area contributed by atoms with Crippen molar-refractivity contribution in [3.63, 3.8) is 0 Å². The topological polar surface area (TPSA) is 66.2 Å². The van der Waals surface area contributed by atoms with Gasteiger partial charge in [0.25, 0.3) is 0 Å². The maximum Gasteiger partial charge on any atom is 0.316 e. The second-order valence-corrected chi connectivity index (χ2v) is 7.20. The number of carbonyl (C=O) groups is 1. The fraction of sp³-hybridized carbons (Fsp3) is 0.250. The van der Waals surface area contributed by atoms with Crippen molar-refractivity contribution < 1.29 is 14.3 Å². The maximum atomic E-state index is 12.1. The molecule has 2 aromatic carbocycles. The van der Waals surface area contributed by atoms with Crippen LogP contribution in [0, 0.1) is 0 Å². The number of rotatable bonds is 8. The molecule has 28 heavy (non-hydrogen) atoms. The van der Waals surface area contributed by atoms with Gasteiger partial charge in [0.1, 0.15) is 12.4 Å². The summed E-state index contributed by atoms with van der Waals surface area (Å²) in [6.45, 7) is 2.86. The number of aromatic nitrogens is 3. The van der Waals surface area contributed by atoms with E-state index in [4.69, 9.17) is 21.1 Å². The van der Waals surface area contributed by atoms with E-state index in [0.29, 0.717) is 22.5 Å². The molecular weight excluding hydrogens is 398 g/mol. The summed E-state index contributed by atoms with van der Waals surface area (Å²) in [7, 11) is 1.59. The molecule has 0 amide bonds. The van der Waals surface area contributed by atoms with Crippen molar-refractivity contribution in [1.29, 1.82) is 0 Å². The van der Waals surface area contributed by atoms with Crippen LogP contribution in [0.1, 0.15) is 12.5 Å². The zero-order chi connectivity index (χ0) is 19.9. The molecule has 1 aromatic heterocycles. The number of para-hydroxylation sites is 1. The third-order valence-corrected chi connectivity index (χ3v) is 5.23. The highest BCUT2D eigenvalue weighted by Gasteiger charge is 2.15. The van der Waals surface area contributed by atoms with Gasteiger partial charge in [-0.25, -0.2) is 0 Å². The molecule has 0 N–H and O–H groups in total. The number of halogens is 1. The van der Waals surface area contributed by atoms with Gasteiger partial charge in [0, 0.05) is 22.7 Å². The van der Waals surface area contributed by atoms with E-state index in [1.807, 2.05) is 60.0 Å². The third kappa shape index (κ3) is 4.85. The lowest BCUT2D eigenvalue weighted by Crippen LogP contribution is -2.09. The van der Waals surface area contributed by atoms with Crippen LogP contribution in [0.5, 0.6) is 5.75 Å². The van der Waals surface area contributed by atoms with Gasteiger partial charge < -0.3 is 14.0 Å². The van der Waals surface area contributed by atoms with Crippen molar-refractivity contribution in [2.24, 2.45) is 0 Å². The zero-order valence-electron chi connectivity index (χ0n) is 15.6. The van der Waals surface area contributed by atoms with Crippen LogP contribution in [-0.4, -0.2) is 33.6 Å². The minimum Gasteiger partial charge on any atom is -0.496 e. The van der Waals surface area contributed by atoms with Gasteiger partial charge in [0.05, 0.1) is 12.9 Å². The SMILES string of the molecule is CCn1c(SCC(=O)OCc2ccccc2OC)nnc1-c1ccc(Cl)cc1. The zero-order valence-corrected chi connectivity index (χ0v) is 17.2. The highest BCUT2D eigenvalue weighted by atomic mass is 35.5. The molecule has 0 saturated heterocycles. The molecule has 0 bridgehead atoms. The van der Waals surface area contributed by atoms with Crippen LogP contribution in [0.3, 0.4) is 0 Å². The summed E-state index contributed by atoms with van der Waals surface area (Å²) in [6, 6.07) is 14.9. The van der Waals surface area contributed by atoms with Gasteiger partial charge in [-0.15, -0.1) is 10.2 Å². The lowest BCUT2D eigenvalue weighted by Gasteiger charge is -2.09. The van der Waals surface area contributed by atoms with Crippen molar-refractivity contribution >= 4 is 29.3 Å². The Morgan fingerprint density at radius 2 is 1.89 bits per heavy atom. The van der Waals surface area contributed by atoms with Crippen LogP contribution in [-0.2, 0) is 22.7 Å². The molecule has 0 aliphatic carbocycles. The molecule has 8 heteroatoms. The normalized spacial score (nSPS) is 10.7. The van der Waals surface area contributed by atoms with Crippen LogP contribution >= 0.6 is 23.4 Å². The Labute approximate surface area is 172 Å². The first-order chi connectivity index (χ1) is 13.6. The van der Waals surface area contributed by atoms with Crippen LogP contribution < -0.4 is 4.74 Å². The Kier molecular flexibility index (Phi) is 6.95. The maximum absolute atomic E-state index is 12.1. The number of methoxy groups -OCH3 is 1. The molecule has 0 aliphatic rings. The summed E-state index contributed by atoms with van der Waals surface area (Å²) in [5, 5.41) is 9.81. The van der Waals surface area contributed by atoms with Crippen molar-refractivity contribution in [3.8, 4) is 17.1 Å². The van der Waals surface area contributed by atoms with E-state index in [1.165, 1.54) is 11.8 Å². The summed E-state index contributed by atoms with van der Waals surface area (Å²) in [4.78, 5) is 12.1. The average molecular weight is 418 g/mol. The molecule has 0 saturated carbocycles. The fourth-order valence-corrected chi connectivity index (χ4v) is 3.56. The Morgan fingerprint density at radius 1 is 1.14 bits per heavy atom. The summed E-state index contributed by atoms with van der Waals surface area (Å²) in [5.41, 5.74) is 1.74. The molecule has 0 unspecified atom stereocenters. The Bertz CT molecular complexity index is 944. The molecule has 3 aromatic rings. The molecule has 0 atom stereocenters. The molecule has 0 aliphatic heterocycles. The number of benzene rings is 2. The molecule has 0 spiro atoms. The number of ether oxygens (including phenoxy) is 2. The van der Waals surface area contributed by atoms with Crippen LogP contribution in [0.15, 0.2) is 53.7 Å². The van der Waals surface area contributed by atoms with Gasteiger partial charge in [-0.3, -0.25) is 4.79 Å². The predicted molar refractivity (Wildman–Crippen MR) is 110 cm³/mol. The quantitative estimate of drug-likeness (QED) is 0.398. The van der Waals surface area contributed by atoms with Crippen LogP contribution in [0.2, 0.25) is 5.02 Å². The first kappa shape index (κ1) is 20.2. The Balaban J connectivity index is 1.61. The smallest absolute Gasteiger partial charge is 0.316 e. The van der Waals surface area contributed by atoms with Gasteiger partial charge in [-0.2, -0.15) is 0 Å². The number of nitrogens with zero attached hydrogens (tertiary/aromatic N) is 3. The molecule has 0 radical (unpaired) electrons. The number of hydrogen-bond acceptors (Lipinski definition) is 6. The van der Waals surface area contributed by atoms with E-state index < -0.39 is 0 Å². The van der Waals surface area contributed by atoms with Crippen molar-refractivity contribution in [1.82, 2.24) is 14.8 Å². The Hall–Kier alpha value is -2.51. The van der Waals surface area contributed by atoms with Gasteiger partial charge in [0.2, 0.25) is 0 Å². The molecule has 6 nitrogen and oxygen atoms in total. The van der Waals surface area contributed by atoms with Gasteiger partial charge in [-0.1, -0.05) is 41.6 Å². The first-order valence-corrected chi connectivity index (χ1v) is 10.1. The third-order valence-electron chi connectivity index (χ3n) is 4.04. The summed E-state index contributed by atoms with van der Waals surface area (Å²) >= 11 is 7.25. The molecule has 1 heterocycles. The minimum absolute atomic E-state index is 0.147. The molecule has 146 valence electrons. The largest absolute Gasteiger partial charge is 0.496 e. The standard InChI is InChI=1S/C20H20ClN3O3S/c1-3-24-19(14-8-10-16(21)11-9-14)22-23-20(24)28-13-18(25)27-12-15-6-4-5-7-17(15)26-2/h4-11H,3,12-13H2,1-2H3. The monoisotopic (exact) mass is 417 g/mol. The van der Waals surface area contributed by atoms with Crippen molar-refractivity contribution in [2.75, 3.05) is 12.9 Å². The minimum atomic E-state index is -0.324. The number of carbonyl (C=O) groups excluding carboxylic acids is 1. The van der Waals surface area contributed by atoms with E-state index in [-0.39, 0.29) is 18.3 Å². The van der Waals surface area contributed by atoms with E-state index >= 15 is 0 Å². The van der Waals surface area contributed by atoms with Gasteiger partial charge in [-0.05, 0) is 37.3 Å². The average Bonchev–Trinajstić information content (AvgIpc) is 3.14. The fourth-order valence-electron chi connectivity index (χ4n) is 2.64. The molecule has 3 rings (SSSR count).